The second-order valence-corrected chi connectivity index (χ2v) is 7.12. The van der Waals surface area contributed by atoms with Crippen molar-refractivity contribution in [2.75, 3.05) is 6.61 Å². The van der Waals surface area contributed by atoms with Gasteiger partial charge in [-0.3, -0.25) is 9.59 Å². The van der Waals surface area contributed by atoms with Gasteiger partial charge in [-0.25, -0.2) is 0 Å². The molecule has 2 aromatic rings. The molecule has 0 spiro atoms. The minimum atomic E-state index is -2.15. The molecule has 2 aromatic carbocycles. The molecule has 0 atom stereocenters. The van der Waals surface area contributed by atoms with E-state index < -0.39 is 24.4 Å². The Kier molecular flexibility index (Phi) is 7.73. The van der Waals surface area contributed by atoms with Crippen LogP contribution >= 0.6 is 0 Å². The molecule has 30 heavy (non-hydrogen) atoms. The topological polar surface area (TPSA) is 90.6 Å². The normalized spacial score (nSPS) is 11.9. The van der Waals surface area contributed by atoms with Gasteiger partial charge < -0.3 is 14.7 Å². The van der Waals surface area contributed by atoms with Crippen molar-refractivity contribution < 1.29 is 22.2 Å². The fourth-order valence-corrected chi connectivity index (χ4v) is 2.79. The van der Waals surface area contributed by atoms with Crippen LogP contribution in [0.3, 0.4) is 0 Å². The van der Waals surface area contributed by atoms with Crippen LogP contribution in [-0.2, 0) is 11.3 Å². The van der Waals surface area contributed by atoms with Crippen molar-refractivity contribution in [1.82, 2.24) is 4.90 Å². The fourth-order valence-electron chi connectivity index (χ4n) is 2.79. The molecular weight excluding hydrogens is 380 g/mol. The number of carboxylic acids is 1. The SMILES string of the molecule is [2H]C([2H])(c1ccccc1OCCCCCC(=O)O)N(C(=O)c1ccc(C#N)cc1)C(C)C. The summed E-state index contributed by atoms with van der Waals surface area (Å²) in [6.07, 6.45) is 2.00. The summed E-state index contributed by atoms with van der Waals surface area (Å²) < 4.78 is 23.5. The summed E-state index contributed by atoms with van der Waals surface area (Å²) in [6, 6.07) is 14.3. The maximum atomic E-state index is 13.2. The standard InChI is InChI=1S/C24H28N2O4/c1-18(2)26(24(29)20-13-11-19(16-25)12-14-20)17-21-8-5-6-9-22(21)30-15-7-3-4-10-23(27)28/h5-6,8-9,11-14,18H,3-4,7,10,15,17H2,1-2H3,(H,27,28)/i17D2. The van der Waals surface area contributed by atoms with Gasteiger partial charge in [-0.15, -0.1) is 0 Å². The summed E-state index contributed by atoms with van der Waals surface area (Å²) in [5, 5.41) is 17.7. The Morgan fingerprint density at radius 2 is 1.83 bits per heavy atom. The lowest BCUT2D eigenvalue weighted by atomic mass is 10.1. The Morgan fingerprint density at radius 3 is 2.47 bits per heavy atom. The van der Waals surface area contributed by atoms with E-state index in [0.717, 1.165) is 0 Å². The van der Waals surface area contributed by atoms with Gasteiger partial charge in [0.15, 0.2) is 0 Å². The zero-order chi connectivity index (χ0) is 23.7. The number of hydrogen-bond donors (Lipinski definition) is 1. The monoisotopic (exact) mass is 410 g/mol. The largest absolute Gasteiger partial charge is 0.493 e. The Morgan fingerprint density at radius 1 is 1.13 bits per heavy atom. The minimum absolute atomic E-state index is 0.111. The van der Waals surface area contributed by atoms with E-state index in [1.54, 1.807) is 38.1 Å². The third-order valence-corrected chi connectivity index (χ3v) is 4.42. The summed E-state index contributed by atoms with van der Waals surface area (Å²) in [5.74, 6) is -0.975. The number of nitrogens with zero attached hydrogens (tertiary/aromatic N) is 2. The lowest BCUT2D eigenvalue weighted by molar-refractivity contribution is -0.137. The van der Waals surface area contributed by atoms with E-state index in [9.17, 15) is 9.59 Å². The molecule has 0 fully saturated rings. The Labute approximate surface area is 180 Å². The number of carboxylic acid groups (broad SMARTS) is 1. The van der Waals surface area contributed by atoms with E-state index in [2.05, 4.69) is 0 Å². The maximum absolute atomic E-state index is 13.2. The predicted molar refractivity (Wildman–Crippen MR) is 114 cm³/mol. The summed E-state index contributed by atoms with van der Waals surface area (Å²) in [6.45, 7) is 1.65. The van der Waals surface area contributed by atoms with E-state index in [1.807, 2.05) is 6.07 Å². The van der Waals surface area contributed by atoms with Crippen LogP contribution < -0.4 is 4.74 Å². The van der Waals surface area contributed by atoms with Crippen molar-refractivity contribution in [1.29, 1.82) is 5.26 Å². The van der Waals surface area contributed by atoms with Crippen LogP contribution in [-0.4, -0.2) is 34.5 Å². The summed E-state index contributed by atoms with van der Waals surface area (Å²) in [4.78, 5) is 25.0. The molecule has 0 aliphatic heterocycles. The lowest BCUT2D eigenvalue weighted by Crippen LogP contribution is -2.36. The molecule has 6 nitrogen and oxygen atoms in total. The van der Waals surface area contributed by atoms with Gasteiger partial charge in [0.05, 0.1) is 21.0 Å². The van der Waals surface area contributed by atoms with Crippen LogP contribution in [0, 0.1) is 11.3 Å². The third-order valence-electron chi connectivity index (χ3n) is 4.42. The second kappa shape index (κ2) is 11.6. The van der Waals surface area contributed by atoms with E-state index >= 15 is 0 Å². The quantitative estimate of drug-likeness (QED) is 0.545. The van der Waals surface area contributed by atoms with Gasteiger partial charge in [-0.2, -0.15) is 5.26 Å². The van der Waals surface area contributed by atoms with Gasteiger partial charge in [0.25, 0.3) is 5.91 Å². The number of hydrogen-bond acceptors (Lipinski definition) is 4. The molecule has 0 bridgehead atoms. The molecule has 0 heterocycles. The average molecular weight is 411 g/mol. The first-order chi connectivity index (χ1) is 15.2. The van der Waals surface area contributed by atoms with Crippen molar-refractivity contribution in [3.8, 4) is 11.8 Å². The Hall–Kier alpha value is -3.33. The number of aliphatic carboxylic acids is 1. The highest BCUT2D eigenvalue weighted by atomic mass is 16.5. The van der Waals surface area contributed by atoms with Crippen LogP contribution in [0.4, 0.5) is 0 Å². The first-order valence-corrected chi connectivity index (χ1v) is 9.96. The van der Waals surface area contributed by atoms with Gasteiger partial charge in [0.2, 0.25) is 0 Å². The van der Waals surface area contributed by atoms with Crippen LogP contribution in [0.1, 0.15) is 63.8 Å². The number of benzene rings is 2. The van der Waals surface area contributed by atoms with E-state index in [4.69, 9.17) is 17.8 Å². The highest BCUT2D eigenvalue weighted by Gasteiger charge is 2.20. The van der Waals surface area contributed by atoms with Crippen molar-refractivity contribution >= 4 is 11.9 Å². The Bertz CT molecular complexity index is 969. The maximum Gasteiger partial charge on any atom is 0.303 e. The number of rotatable bonds is 11. The van der Waals surface area contributed by atoms with Gasteiger partial charge in [-0.1, -0.05) is 18.2 Å². The second-order valence-electron chi connectivity index (χ2n) is 7.12. The van der Waals surface area contributed by atoms with Crippen LogP contribution in [0.5, 0.6) is 5.75 Å². The smallest absolute Gasteiger partial charge is 0.303 e. The highest BCUT2D eigenvalue weighted by molar-refractivity contribution is 5.94. The minimum Gasteiger partial charge on any atom is -0.493 e. The predicted octanol–water partition coefficient (Wildman–Crippen LogP) is 4.63. The molecule has 158 valence electrons. The van der Waals surface area contributed by atoms with E-state index in [-0.39, 0.29) is 12.0 Å². The number of nitriles is 1. The third kappa shape index (κ3) is 6.93. The number of amides is 1. The fraction of sp³-hybridized carbons (Fsp3) is 0.375. The molecule has 0 unspecified atom stereocenters. The van der Waals surface area contributed by atoms with Gasteiger partial charge in [0.1, 0.15) is 5.75 Å². The van der Waals surface area contributed by atoms with E-state index in [1.165, 1.54) is 29.2 Å². The first kappa shape index (κ1) is 20.0. The number of unbranched alkanes of at least 4 members (excludes halogenated alkanes) is 2. The van der Waals surface area contributed by atoms with Crippen molar-refractivity contribution in [2.45, 2.75) is 52.1 Å². The Balaban J connectivity index is 2.22. The summed E-state index contributed by atoms with van der Waals surface area (Å²) in [5.41, 5.74) is 0.947. The number of para-hydroxylation sites is 1. The molecule has 6 heteroatoms. The van der Waals surface area contributed by atoms with Crippen LogP contribution in [0.15, 0.2) is 48.5 Å². The molecule has 0 saturated carbocycles. The summed E-state index contributed by atoms with van der Waals surface area (Å²) >= 11 is 0. The number of carbonyl (C=O) groups is 2. The van der Waals surface area contributed by atoms with Gasteiger partial charge in [-0.05, 0) is 63.4 Å². The molecule has 0 aliphatic carbocycles. The molecule has 0 aromatic heterocycles. The van der Waals surface area contributed by atoms with Crippen molar-refractivity contribution in [3.63, 3.8) is 0 Å². The summed E-state index contributed by atoms with van der Waals surface area (Å²) in [7, 11) is 0. The molecule has 0 aliphatic rings. The van der Waals surface area contributed by atoms with Gasteiger partial charge in [0, 0.05) is 30.1 Å². The highest BCUT2D eigenvalue weighted by Crippen LogP contribution is 2.23. The number of carbonyl (C=O) groups excluding carboxylic acids is 1. The molecule has 0 saturated heterocycles. The molecule has 1 amide bonds. The molecule has 1 N–H and O–H groups in total. The van der Waals surface area contributed by atoms with Crippen LogP contribution in [0.2, 0.25) is 0 Å². The molecule has 0 radical (unpaired) electrons. The van der Waals surface area contributed by atoms with E-state index in [0.29, 0.717) is 42.7 Å². The van der Waals surface area contributed by atoms with Crippen LogP contribution in [0.25, 0.3) is 0 Å². The molecular formula is C24H28N2O4. The zero-order valence-electron chi connectivity index (χ0n) is 19.3. The molecule has 2 rings (SSSR count). The number of ether oxygens (including phenoxy) is 1. The zero-order valence-corrected chi connectivity index (χ0v) is 17.3. The lowest BCUT2D eigenvalue weighted by Gasteiger charge is -2.28. The van der Waals surface area contributed by atoms with Crippen molar-refractivity contribution in [3.05, 3.63) is 65.2 Å². The van der Waals surface area contributed by atoms with Gasteiger partial charge >= 0.3 is 5.97 Å². The average Bonchev–Trinajstić information content (AvgIpc) is 2.75. The van der Waals surface area contributed by atoms with Crippen molar-refractivity contribution in [2.24, 2.45) is 0 Å². The first-order valence-electron chi connectivity index (χ1n) is 11.0.